The van der Waals surface area contributed by atoms with E-state index in [1.54, 1.807) is 12.1 Å². The van der Waals surface area contributed by atoms with Gasteiger partial charge in [-0.1, -0.05) is 19.1 Å². The molecule has 0 atom stereocenters. The molecule has 0 unspecified atom stereocenters. The maximum atomic E-state index is 9.90. The molecule has 0 aliphatic carbocycles. The van der Waals surface area contributed by atoms with Crippen LogP contribution in [0.25, 0.3) is 0 Å². The number of phenols is 1. The lowest BCUT2D eigenvalue weighted by molar-refractivity contribution is -0.118. The molecular formula is C13H20N2O3. The Morgan fingerprint density at radius 1 is 1.39 bits per heavy atom. The Labute approximate surface area is 107 Å². The van der Waals surface area contributed by atoms with Crippen molar-refractivity contribution >= 4 is 12.3 Å². The third kappa shape index (κ3) is 9.21. The Balaban J connectivity index is 0.000000411. The van der Waals surface area contributed by atoms with Gasteiger partial charge in [-0.2, -0.15) is 0 Å². The number of hydrogen-bond donors (Lipinski definition) is 3. The van der Waals surface area contributed by atoms with E-state index in [2.05, 4.69) is 5.32 Å². The van der Waals surface area contributed by atoms with Crippen LogP contribution in [-0.4, -0.2) is 24.0 Å². The molecule has 0 saturated carbocycles. The van der Waals surface area contributed by atoms with E-state index in [9.17, 15) is 9.59 Å². The predicted octanol–water partition coefficient (Wildman–Crippen LogP) is 0.952. The smallest absolute Gasteiger partial charge is 0.217 e. The molecule has 4 N–H and O–H groups in total. The molecule has 0 saturated heterocycles. The van der Waals surface area contributed by atoms with E-state index in [4.69, 9.17) is 10.8 Å². The molecule has 0 fully saturated rings. The number of rotatable bonds is 6. The summed E-state index contributed by atoms with van der Waals surface area (Å²) in [4.78, 5) is 19.7. The summed E-state index contributed by atoms with van der Waals surface area (Å²) < 4.78 is 0. The first-order chi connectivity index (χ1) is 8.60. The number of carbonyl (C=O) groups is 2. The van der Waals surface area contributed by atoms with Gasteiger partial charge in [0.25, 0.3) is 0 Å². The van der Waals surface area contributed by atoms with E-state index in [0.29, 0.717) is 19.4 Å². The largest absolute Gasteiger partial charge is 0.508 e. The third-order valence-electron chi connectivity index (χ3n) is 2.07. The fourth-order valence-electron chi connectivity index (χ4n) is 1.18. The topological polar surface area (TPSA) is 92.4 Å². The number of amides is 2. The van der Waals surface area contributed by atoms with E-state index in [-0.39, 0.29) is 11.7 Å². The molecule has 2 amide bonds. The first-order valence-corrected chi connectivity index (χ1v) is 5.83. The zero-order chi connectivity index (χ0) is 13.8. The van der Waals surface area contributed by atoms with Crippen molar-refractivity contribution in [3.8, 4) is 5.75 Å². The predicted molar refractivity (Wildman–Crippen MR) is 70.0 cm³/mol. The molecule has 18 heavy (non-hydrogen) atoms. The number of benzene rings is 1. The third-order valence-corrected chi connectivity index (χ3v) is 2.07. The molecule has 5 heteroatoms. The van der Waals surface area contributed by atoms with E-state index in [1.165, 1.54) is 0 Å². The van der Waals surface area contributed by atoms with Gasteiger partial charge in [0.15, 0.2) is 0 Å². The Morgan fingerprint density at radius 3 is 2.39 bits per heavy atom. The van der Waals surface area contributed by atoms with Gasteiger partial charge < -0.3 is 16.2 Å². The molecule has 1 aromatic rings. The highest BCUT2D eigenvalue weighted by Gasteiger charge is 1.91. The van der Waals surface area contributed by atoms with Crippen molar-refractivity contribution in [2.24, 2.45) is 5.73 Å². The summed E-state index contributed by atoms with van der Waals surface area (Å²) in [7, 11) is 0. The first kappa shape index (κ1) is 16.0. The number of hydrogen-bond acceptors (Lipinski definition) is 3. The fourth-order valence-corrected chi connectivity index (χ4v) is 1.18. The lowest BCUT2D eigenvalue weighted by atomic mass is 10.1. The maximum Gasteiger partial charge on any atom is 0.217 e. The molecule has 0 heterocycles. The van der Waals surface area contributed by atoms with Gasteiger partial charge in [-0.25, -0.2) is 0 Å². The summed E-state index contributed by atoms with van der Waals surface area (Å²) in [5, 5.41) is 11.5. The van der Waals surface area contributed by atoms with Crippen molar-refractivity contribution < 1.29 is 14.7 Å². The lowest BCUT2D eigenvalue weighted by Crippen LogP contribution is -2.14. The minimum atomic E-state index is -0.211. The van der Waals surface area contributed by atoms with Gasteiger partial charge in [0.2, 0.25) is 12.3 Å². The molecular weight excluding hydrogens is 232 g/mol. The lowest BCUT2D eigenvalue weighted by Gasteiger charge is -1.99. The highest BCUT2D eigenvalue weighted by atomic mass is 16.3. The van der Waals surface area contributed by atoms with Crippen LogP contribution < -0.4 is 11.1 Å². The number of primary amides is 1. The SMILES string of the molecule is CCCC(N)=O.O=CNCCc1ccc(O)cc1. The van der Waals surface area contributed by atoms with Crippen molar-refractivity contribution in [2.75, 3.05) is 6.54 Å². The van der Waals surface area contributed by atoms with E-state index in [1.807, 2.05) is 19.1 Å². The Kier molecular flexibility index (Phi) is 8.99. The molecule has 1 rings (SSSR count). The van der Waals surface area contributed by atoms with Gasteiger partial charge in [0, 0.05) is 13.0 Å². The summed E-state index contributed by atoms with van der Waals surface area (Å²) in [5.41, 5.74) is 5.86. The van der Waals surface area contributed by atoms with Crippen molar-refractivity contribution in [1.29, 1.82) is 0 Å². The second-order valence-corrected chi connectivity index (χ2v) is 3.70. The summed E-state index contributed by atoms with van der Waals surface area (Å²) in [6.07, 6.45) is 2.84. The van der Waals surface area contributed by atoms with Crippen LogP contribution in [0.4, 0.5) is 0 Å². The molecule has 0 bridgehead atoms. The summed E-state index contributed by atoms with van der Waals surface area (Å²) in [6, 6.07) is 6.94. The van der Waals surface area contributed by atoms with Gasteiger partial charge in [0.1, 0.15) is 5.75 Å². The minimum absolute atomic E-state index is 0.211. The standard InChI is InChI=1S/C9H11NO2.C4H9NO/c11-7-10-6-5-8-1-3-9(12)4-2-8;1-2-3-4(5)6/h1-4,7,12H,5-6H2,(H,10,11);2-3H2,1H3,(H2,5,6). The van der Waals surface area contributed by atoms with Crippen molar-refractivity contribution in [3.63, 3.8) is 0 Å². The van der Waals surface area contributed by atoms with Crippen molar-refractivity contribution in [2.45, 2.75) is 26.2 Å². The Hall–Kier alpha value is -2.04. The Morgan fingerprint density at radius 2 is 2.00 bits per heavy atom. The summed E-state index contributed by atoms with van der Waals surface area (Å²) >= 11 is 0. The quantitative estimate of drug-likeness (QED) is 0.520. The van der Waals surface area contributed by atoms with Crippen LogP contribution in [0.5, 0.6) is 5.75 Å². The molecule has 100 valence electrons. The van der Waals surface area contributed by atoms with Gasteiger partial charge in [0.05, 0.1) is 0 Å². The first-order valence-electron chi connectivity index (χ1n) is 5.83. The van der Waals surface area contributed by atoms with Crippen LogP contribution in [0.15, 0.2) is 24.3 Å². The summed E-state index contributed by atoms with van der Waals surface area (Å²) in [5.74, 6) is 0.0552. The van der Waals surface area contributed by atoms with Crippen molar-refractivity contribution in [1.82, 2.24) is 5.32 Å². The van der Waals surface area contributed by atoms with Crippen LogP contribution in [0.2, 0.25) is 0 Å². The number of nitrogens with two attached hydrogens (primary N) is 1. The van der Waals surface area contributed by atoms with Gasteiger partial charge >= 0.3 is 0 Å². The number of nitrogens with one attached hydrogen (secondary N) is 1. The van der Waals surface area contributed by atoms with Crippen LogP contribution in [-0.2, 0) is 16.0 Å². The van der Waals surface area contributed by atoms with Crippen LogP contribution >= 0.6 is 0 Å². The average molecular weight is 252 g/mol. The highest BCUT2D eigenvalue weighted by Crippen LogP contribution is 2.09. The average Bonchev–Trinajstić information content (AvgIpc) is 2.33. The van der Waals surface area contributed by atoms with Gasteiger partial charge in [-0.3, -0.25) is 9.59 Å². The van der Waals surface area contributed by atoms with Crippen LogP contribution in [0.1, 0.15) is 25.3 Å². The van der Waals surface area contributed by atoms with Gasteiger partial charge in [-0.05, 0) is 30.5 Å². The second kappa shape index (κ2) is 10.1. The molecule has 1 aromatic carbocycles. The molecule has 0 aliphatic heterocycles. The maximum absolute atomic E-state index is 9.90. The number of aromatic hydroxyl groups is 1. The zero-order valence-electron chi connectivity index (χ0n) is 10.6. The van der Waals surface area contributed by atoms with E-state index in [0.717, 1.165) is 18.4 Å². The summed E-state index contributed by atoms with van der Waals surface area (Å²) in [6.45, 7) is 2.55. The van der Waals surface area contributed by atoms with Crippen molar-refractivity contribution in [3.05, 3.63) is 29.8 Å². The minimum Gasteiger partial charge on any atom is -0.508 e. The molecule has 0 aliphatic rings. The highest BCUT2D eigenvalue weighted by molar-refractivity contribution is 5.73. The second-order valence-electron chi connectivity index (χ2n) is 3.70. The van der Waals surface area contributed by atoms with E-state index >= 15 is 0 Å². The normalized spacial score (nSPS) is 8.94. The Bertz CT molecular complexity index is 350. The number of phenolic OH excluding ortho intramolecular Hbond substituents is 1. The molecule has 0 aromatic heterocycles. The zero-order valence-corrected chi connectivity index (χ0v) is 10.6. The van der Waals surface area contributed by atoms with Gasteiger partial charge in [-0.15, -0.1) is 0 Å². The molecule has 0 spiro atoms. The van der Waals surface area contributed by atoms with Crippen LogP contribution in [0, 0.1) is 0 Å². The molecule has 5 nitrogen and oxygen atoms in total. The fraction of sp³-hybridized carbons (Fsp3) is 0.385. The van der Waals surface area contributed by atoms with Crippen LogP contribution in [0.3, 0.4) is 0 Å². The number of carbonyl (C=O) groups excluding carboxylic acids is 2. The molecule has 0 radical (unpaired) electrons. The monoisotopic (exact) mass is 252 g/mol. The van der Waals surface area contributed by atoms with E-state index < -0.39 is 0 Å².